The van der Waals surface area contributed by atoms with Crippen molar-refractivity contribution < 1.29 is 14.3 Å². The lowest BCUT2D eigenvalue weighted by Crippen LogP contribution is -2.49. The smallest absolute Gasteiger partial charge is 0.251 e. The number of carbonyl (C=O) groups is 2. The molecule has 1 aliphatic rings. The van der Waals surface area contributed by atoms with Crippen LogP contribution in [0, 0.1) is 0 Å². The Morgan fingerprint density at radius 1 is 1.36 bits per heavy atom. The molecule has 0 bridgehead atoms. The highest BCUT2D eigenvalue weighted by Crippen LogP contribution is 2.13. The van der Waals surface area contributed by atoms with Crippen LogP contribution in [0.15, 0.2) is 24.5 Å². The fraction of sp³-hybridized carbons (Fsp3) is 0.562. The molecule has 120 valence electrons. The second-order valence-electron chi connectivity index (χ2n) is 5.41. The van der Waals surface area contributed by atoms with Gasteiger partial charge in [0.25, 0.3) is 11.8 Å². The Kier molecular flexibility index (Phi) is 5.89. The lowest BCUT2D eigenvalue weighted by atomic mass is 10.0. The van der Waals surface area contributed by atoms with E-state index in [-0.39, 0.29) is 17.9 Å². The molecular weight excluding hydrogens is 282 g/mol. The van der Waals surface area contributed by atoms with Gasteiger partial charge in [0.1, 0.15) is 6.10 Å². The SMILES string of the molecule is CCO[C@@H](C)C(=O)N1CCC(NC(=O)c2ccncc2)CC1. The minimum Gasteiger partial charge on any atom is -0.369 e. The van der Waals surface area contributed by atoms with Gasteiger partial charge in [-0.25, -0.2) is 0 Å². The van der Waals surface area contributed by atoms with Crippen molar-refractivity contribution in [2.24, 2.45) is 0 Å². The standard InChI is InChI=1S/C16H23N3O3/c1-3-22-12(2)16(21)19-10-6-14(7-11-19)18-15(20)13-4-8-17-9-5-13/h4-5,8-9,12,14H,3,6-7,10-11H2,1-2H3,(H,18,20)/t12-/m0/s1. The summed E-state index contributed by atoms with van der Waals surface area (Å²) in [6.07, 6.45) is 4.34. The number of carbonyl (C=O) groups excluding carboxylic acids is 2. The Balaban J connectivity index is 1.80. The van der Waals surface area contributed by atoms with Gasteiger partial charge in [-0.2, -0.15) is 0 Å². The monoisotopic (exact) mass is 305 g/mol. The van der Waals surface area contributed by atoms with E-state index in [4.69, 9.17) is 4.74 Å². The summed E-state index contributed by atoms with van der Waals surface area (Å²) in [5.41, 5.74) is 0.610. The van der Waals surface area contributed by atoms with E-state index in [0.717, 1.165) is 12.8 Å². The van der Waals surface area contributed by atoms with E-state index < -0.39 is 6.10 Å². The van der Waals surface area contributed by atoms with Crippen molar-refractivity contribution in [2.45, 2.75) is 38.8 Å². The molecule has 0 spiro atoms. The van der Waals surface area contributed by atoms with Crippen LogP contribution >= 0.6 is 0 Å². The molecule has 1 saturated heterocycles. The van der Waals surface area contributed by atoms with E-state index in [1.807, 2.05) is 11.8 Å². The Bertz CT molecular complexity index is 499. The number of piperidine rings is 1. The largest absolute Gasteiger partial charge is 0.369 e. The lowest BCUT2D eigenvalue weighted by molar-refractivity contribution is -0.143. The minimum absolute atomic E-state index is 0.0285. The van der Waals surface area contributed by atoms with Crippen LogP contribution in [-0.2, 0) is 9.53 Å². The number of amides is 2. The average molecular weight is 305 g/mol. The van der Waals surface area contributed by atoms with Gasteiger partial charge in [-0.15, -0.1) is 0 Å². The number of pyridine rings is 1. The summed E-state index contributed by atoms with van der Waals surface area (Å²) in [6.45, 7) is 5.49. The summed E-state index contributed by atoms with van der Waals surface area (Å²) in [5, 5.41) is 3.01. The van der Waals surface area contributed by atoms with E-state index in [1.54, 1.807) is 31.5 Å². The first-order chi connectivity index (χ1) is 10.6. The highest BCUT2D eigenvalue weighted by atomic mass is 16.5. The molecule has 2 rings (SSSR count). The van der Waals surface area contributed by atoms with Crippen LogP contribution in [0.2, 0.25) is 0 Å². The van der Waals surface area contributed by atoms with Gasteiger partial charge in [-0.05, 0) is 38.8 Å². The molecule has 0 unspecified atom stereocenters. The molecule has 6 heteroatoms. The number of likely N-dealkylation sites (tertiary alicyclic amines) is 1. The molecular formula is C16H23N3O3. The zero-order valence-corrected chi connectivity index (χ0v) is 13.1. The average Bonchev–Trinajstić information content (AvgIpc) is 2.56. The number of nitrogens with zero attached hydrogens (tertiary/aromatic N) is 2. The van der Waals surface area contributed by atoms with Crippen molar-refractivity contribution in [3.05, 3.63) is 30.1 Å². The summed E-state index contributed by atoms with van der Waals surface area (Å²) in [6, 6.07) is 3.49. The first-order valence-electron chi connectivity index (χ1n) is 7.73. The normalized spacial score (nSPS) is 17.1. The molecule has 6 nitrogen and oxygen atoms in total. The van der Waals surface area contributed by atoms with Crippen molar-refractivity contribution in [3.63, 3.8) is 0 Å². The third kappa shape index (κ3) is 4.27. The molecule has 22 heavy (non-hydrogen) atoms. The maximum absolute atomic E-state index is 12.1. The molecule has 0 aromatic carbocycles. The molecule has 1 aromatic rings. The molecule has 2 heterocycles. The van der Waals surface area contributed by atoms with Crippen molar-refractivity contribution in [3.8, 4) is 0 Å². The molecule has 1 aliphatic heterocycles. The number of ether oxygens (including phenoxy) is 1. The second kappa shape index (κ2) is 7.89. The lowest BCUT2D eigenvalue weighted by Gasteiger charge is -2.33. The van der Waals surface area contributed by atoms with Crippen molar-refractivity contribution in [1.29, 1.82) is 0 Å². The van der Waals surface area contributed by atoms with Crippen molar-refractivity contribution in [1.82, 2.24) is 15.2 Å². The zero-order valence-electron chi connectivity index (χ0n) is 13.1. The molecule has 1 atom stereocenters. The summed E-state index contributed by atoms with van der Waals surface area (Å²) in [7, 11) is 0. The molecule has 1 fully saturated rings. The molecule has 2 amide bonds. The Labute approximate surface area is 130 Å². The van der Waals surface area contributed by atoms with E-state index >= 15 is 0 Å². The Morgan fingerprint density at radius 2 is 2.00 bits per heavy atom. The molecule has 0 saturated carbocycles. The van der Waals surface area contributed by atoms with Gasteiger partial charge in [-0.3, -0.25) is 14.6 Å². The fourth-order valence-corrected chi connectivity index (χ4v) is 2.59. The van der Waals surface area contributed by atoms with Crippen LogP contribution in [0.25, 0.3) is 0 Å². The minimum atomic E-state index is -0.395. The highest BCUT2D eigenvalue weighted by Gasteiger charge is 2.27. The van der Waals surface area contributed by atoms with E-state index in [2.05, 4.69) is 10.3 Å². The summed E-state index contributed by atoms with van der Waals surface area (Å²) in [5.74, 6) is -0.0596. The predicted molar refractivity (Wildman–Crippen MR) is 82.4 cm³/mol. The summed E-state index contributed by atoms with van der Waals surface area (Å²) >= 11 is 0. The Morgan fingerprint density at radius 3 is 2.59 bits per heavy atom. The first kappa shape index (κ1) is 16.4. The van der Waals surface area contributed by atoms with Crippen LogP contribution in [0.4, 0.5) is 0 Å². The topological polar surface area (TPSA) is 71.5 Å². The fourth-order valence-electron chi connectivity index (χ4n) is 2.59. The zero-order chi connectivity index (χ0) is 15.9. The van der Waals surface area contributed by atoms with E-state index in [1.165, 1.54) is 0 Å². The number of nitrogens with one attached hydrogen (secondary N) is 1. The quantitative estimate of drug-likeness (QED) is 0.888. The van der Waals surface area contributed by atoms with Crippen LogP contribution in [-0.4, -0.2) is 53.5 Å². The van der Waals surface area contributed by atoms with Crippen LogP contribution in [0.3, 0.4) is 0 Å². The van der Waals surface area contributed by atoms with Crippen molar-refractivity contribution >= 4 is 11.8 Å². The van der Waals surface area contributed by atoms with Crippen LogP contribution in [0.5, 0.6) is 0 Å². The Hall–Kier alpha value is -1.95. The van der Waals surface area contributed by atoms with E-state index in [0.29, 0.717) is 25.3 Å². The first-order valence-corrected chi connectivity index (χ1v) is 7.73. The molecule has 1 N–H and O–H groups in total. The van der Waals surface area contributed by atoms with Gasteiger partial charge < -0.3 is 15.0 Å². The summed E-state index contributed by atoms with van der Waals surface area (Å²) < 4.78 is 5.34. The molecule has 0 aliphatic carbocycles. The maximum atomic E-state index is 12.1. The predicted octanol–water partition coefficient (Wildman–Crippen LogP) is 1.23. The number of hydrogen-bond acceptors (Lipinski definition) is 4. The van der Waals surface area contributed by atoms with Gasteiger partial charge in [-0.1, -0.05) is 0 Å². The summed E-state index contributed by atoms with van der Waals surface area (Å²) in [4.78, 5) is 29.9. The van der Waals surface area contributed by atoms with Gasteiger partial charge in [0.15, 0.2) is 0 Å². The van der Waals surface area contributed by atoms with E-state index in [9.17, 15) is 9.59 Å². The second-order valence-corrected chi connectivity index (χ2v) is 5.41. The van der Waals surface area contributed by atoms with Gasteiger partial charge in [0, 0.05) is 43.7 Å². The van der Waals surface area contributed by atoms with Gasteiger partial charge in [0.2, 0.25) is 0 Å². The third-order valence-corrected chi connectivity index (χ3v) is 3.85. The molecule has 0 radical (unpaired) electrons. The van der Waals surface area contributed by atoms with Crippen molar-refractivity contribution in [2.75, 3.05) is 19.7 Å². The number of aromatic nitrogens is 1. The van der Waals surface area contributed by atoms with Gasteiger partial charge in [0.05, 0.1) is 0 Å². The number of rotatable bonds is 5. The maximum Gasteiger partial charge on any atom is 0.251 e. The number of hydrogen-bond donors (Lipinski definition) is 1. The van der Waals surface area contributed by atoms with Gasteiger partial charge >= 0.3 is 0 Å². The van der Waals surface area contributed by atoms with Crippen LogP contribution in [0.1, 0.15) is 37.0 Å². The highest BCUT2D eigenvalue weighted by molar-refractivity contribution is 5.94. The molecule has 1 aromatic heterocycles. The van der Waals surface area contributed by atoms with Crippen LogP contribution < -0.4 is 5.32 Å². The third-order valence-electron chi connectivity index (χ3n) is 3.85.